The first-order valence-corrected chi connectivity index (χ1v) is 22.2. The molecule has 7 aliphatic rings. The summed E-state index contributed by atoms with van der Waals surface area (Å²) in [4.78, 5) is 53.9. The van der Waals surface area contributed by atoms with Crippen molar-refractivity contribution in [3.05, 3.63) is 70.9 Å². The normalized spacial score (nSPS) is 37.6. The molecule has 5 aliphatic heterocycles. The van der Waals surface area contributed by atoms with Crippen molar-refractivity contribution in [1.29, 1.82) is 0 Å². The van der Waals surface area contributed by atoms with Crippen molar-refractivity contribution in [2.45, 2.75) is 99.8 Å². The van der Waals surface area contributed by atoms with Crippen LogP contribution >= 0.6 is 0 Å². The maximum Gasteiger partial charge on any atom is 0.344 e. The number of para-hydroxylation sites is 1. The number of nitrogens with one attached hydrogen (secondary N) is 1. The smallest absolute Gasteiger partial charge is 0.344 e. The van der Waals surface area contributed by atoms with E-state index >= 15 is 4.79 Å². The number of anilines is 1. The summed E-state index contributed by atoms with van der Waals surface area (Å²) in [5.74, 6) is 0.0532. The van der Waals surface area contributed by atoms with E-state index in [4.69, 9.17) is 18.9 Å². The maximum absolute atomic E-state index is 15.5. The molecule has 1 aromatic heterocycles. The molecule has 11 atom stereocenters. The van der Waals surface area contributed by atoms with Gasteiger partial charge in [-0.15, -0.1) is 0 Å². The summed E-state index contributed by atoms with van der Waals surface area (Å²) in [6.45, 7) is 7.65. The molecule has 7 unspecified atom stereocenters. The molecule has 12 heteroatoms. The van der Waals surface area contributed by atoms with Gasteiger partial charge in [-0.05, 0) is 86.1 Å². The minimum Gasteiger partial charge on any atom is -0.496 e. The van der Waals surface area contributed by atoms with Gasteiger partial charge in [0.15, 0.2) is 6.10 Å². The van der Waals surface area contributed by atoms with Gasteiger partial charge < -0.3 is 38.8 Å². The van der Waals surface area contributed by atoms with Crippen molar-refractivity contribution in [2.24, 2.45) is 23.2 Å². The van der Waals surface area contributed by atoms with Crippen LogP contribution in [0.15, 0.2) is 48.6 Å². The van der Waals surface area contributed by atoms with Gasteiger partial charge in [-0.2, -0.15) is 0 Å². The third kappa shape index (κ3) is 5.04. The molecular weight excluding hydrogens is 761 g/mol. The number of rotatable bonds is 6. The van der Waals surface area contributed by atoms with Gasteiger partial charge in [0.25, 0.3) is 0 Å². The molecule has 2 bridgehead atoms. The quantitative estimate of drug-likeness (QED) is 0.192. The monoisotopic (exact) mass is 820 g/mol. The van der Waals surface area contributed by atoms with Crippen LogP contribution in [0.2, 0.25) is 0 Å². The van der Waals surface area contributed by atoms with E-state index in [0.29, 0.717) is 49.9 Å². The summed E-state index contributed by atoms with van der Waals surface area (Å²) < 4.78 is 24.2. The number of H-pyrrole nitrogens is 1. The van der Waals surface area contributed by atoms with Gasteiger partial charge in [0, 0.05) is 90.9 Å². The predicted octanol–water partition coefficient (Wildman–Crippen LogP) is 5.27. The minimum atomic E-state index is -2.27. The summed E-state index contributed by atoms with van der Waals surface area (Å²) in [6.07, 6.45) is 10.1. The number of ether oxygens (including phenoxy) is 4. The van der Waals surface area contributed by atoms with Crippen LogP contribution in [-0.2, 0) is 45.8 Å². The number of piperidine rings is 1. The van der Waals surface area contributed by atoms with Gasteiger partial charge >= 0.3 is 17.9 Å². The Balaban J connectivity index is 1.28. The first kappa shape index (κ1) is 39.7. The molecule has 320 valence electrons. The number of carbonyl (C=O) groups is 3. The first-order valence-electron chi connectivity index (χ1n) is 22.2. The zero-order valence-corrected chi connectivity index (χ0v) is 35.9. The SMILES string of the molecule is CC[C@]12C=CCN3CCC4(c5cc([C@]6(C(=O)OC)CC7CN(CCc8c6[nH]c6ccccc86)CC6CCCCC67)c(OC)cc5N(C)C4[C@](O)(C(=O)OC)C1OC(C)=O)[C@@H]32. The zero-order valence-electron chi connectivity index (χ0n) is 35.9. The van der Waals surface area contributed by atoms with Gasteiger partial charge in [0.2, 0.25) is 5.60 Å². The van der Waals surface area contributed by atoms with E-state index in [2.05, 4.69) is 51.2 Å². The number of aromatic amines is 1. The minimum absolute atomic E-state index is 0.217. The van der Waals surface area contributed by atoms with E-state index in [0.717, 1.165) is 71.5 Å². The van der Waals surface area contributed by atoms with E-state index in [1.165, 1.54) is 40.4 Å². The summed E-state index contributed by atoms with van der Waals surface area (Å²) >= 11 is 0. The Morgan fingerprint density at radius 3 is 2.47 bits per heavy atom. The number of esters is 3. The van der Waals surface area contributed by atoms with Gasteiger partial charge in [-0.25, -0.2) is 4.79 Å². The van der Waals surface area contributed by atoms with Crippen LogP contribution in [-0.4, -0.2) is 123 Å². The van der Waals surface area contributed by atoms with Crippen molar-refractivity contribution in [3.63, 3.8) is 0 Å². The Morgan fingerprint density at radius 2 is 1.72 bits per heavy atom. The lowest BCUT2D eigenvalue weighted by Crippen LogP contribution is -2.81. The lowest BCUT2D eigenvalue weighted by Gasteiger charge is -2.63. The van der Waals surface area contributed by atoms with Gasteiger partial charge in [-0.1, -0.05) is 50.1 Å². The number of benzene rings is 2. The Kier molecular flexibility index (Phi) is 9.32. The number of aliphatic hydroxyl groups is 1. The zero-order chi connectivity index (χ0) is 41.9. The van der Waals surface area contributed by atoms with E-state index < -0.39 is 45.9 Å². The number of methoxy groups -OCH3 is 3. The molecule has 6 heterocycles. The third-order valence-corrected chi connectivity index (χ3v) is 16.8. The van der Waals surface area contributed by atoms with Crippen molar-refractivity contribution < 1.29 is 38.4 Å². The fourth-order valence-electron chi connectivity index (χ4n) is 14.7. The molecule has 1 spiro atoms. The molecule has 0 radical (unpaired) electrons. The summed E-state index contributed by atoms with van der Waals surface area (Å²) in [5, 5.41) is 14.5. The predicted molar refractivity (Wildman–Crippen MR) is 226 cm³/mol. The second-order valence-corrected chi connectivity index (χ2v) is 19.0. The molecule has 2 saturated carbocycles. The Bertz CT molecular complexity index is 2290. The van der Waals surface area contributed by atoms with E-state index in [9.17, 15) is 14.7 Å². The van der Waals surface area contributed by atoms with E-state index in [-0.39, 0.29) is 17.9 Å². The second-order valence-electron chi connectivity index (χ2n) is 19.0. The number of hydrogen-bond donors (Lipinski definition) is 2. The van der Waals surface area contributed by atoms with Crippen molar-refractivity contribution >= 4 is 34.5 Å². The average molecular weight is 821 g/mol. The molecule has 10 rings (SSSR count). The number of fused-ring (bicyclic) bond motifs is 8. The van der Waals surface area contributed by atoms with Gasteiger partial charge in [0.1, 0.15) is 11.2 Å². The highest BCUT2D eigenvalue weighted by atomic mass is 16.6. The lowest BCUT2D eigenvalue weighted by atomic mass is 9.47. The molecule has 2 saturated heterocycles. The van der Waals surface area contributed by atoms with Crippen LogP contribution < -0.4 is 9.64 Å². The Morgan fingerprint density at radius 1 is 0.950 bits per heavy atom. The molecule has 60 heavy (non-hydrogen) atoms. The van der Waals surface area contributed by atoms with E-state index in [1.54, 1.807) is 7.11 Å². The molecule has 2 aromatic carbocycles. The van der Waals surface area contributed by atoms with Crippen LogP contribution in [0.25, 0.3) is 10.9 Å². The van der Waals surface area contributed by atoms with Crippen LogP contribution in [0.3, 0.4) is 0 Å². The van der Waals surface area contributed by atoms with Crippen LogP contribution in [0.5, 0.6) is 5.75 Å². The number of aromatic nitrogens is 1. The highest BCUT2D eigenvalue weighted by molar-refractivity contribution is 5.95. The summed E-state index contributed by atoms with van der Waals surface area (Å²) in [6, 6.07) is 11.4. The largest absolute Gasteiger partial charge is 0.496 e. The van der Waals surface area contributed by atoms with Gasteiger partial charge in [-0.3, -0.25) is 14.5 Å². The topological polar surface area (TPSA) is 134 Å². The van der Waals surface area contributed by atoms with Crippen LogP contribution in [0.4, 0.5) is 5.69 Å². The molecular formula is C48H60N4O8. The highest BCUT2D eigenvalue weighted by Gasteiger charge is 2.80. The second kappa shape index (κ2) is 14.1. The third-order valence-electron chi connectivity index (χ3n) is 16.8. The van der Waals surface area contributed by atoms with Crippen molar-refractivity contribution in [3.8, 4) is 5.75 Å². The molecule has 0 amide bonds. The molecule has 2 aliphatic carbocycles. The first-order chi connectivity index (χ1) is 28.9. The van der Waals surface area contributed by atoms with E-state index in [1.807, 2.05) is 31.0 Å². The highest BCUT2D eigenvalue weighted by Crippen LogP contribution is 2.68. The lowest BCUT2D eigenvalue weighted by molar-refractivity contribution is -0.228. The Labute approximate surface area is 352 Å². The van der Waals surface area contributed by atoms with Gasteiger partial charge in [0.05, 0.1) is 27.4 Å². The van der Waals surface area contributed by atoms with Crippen LogP contribution in [0, 0.1) is 23.2 Å². The summed E-state index contributed by atoms with van der Waals surface area (Å²) in [5.41, 5.74) is 0.0512. The fourth-order valence-corrected chi connectivity index (χ4v) is 14.7. The maximum atomic E-state index is 15.5. The van der Waals surface area contributed by atoms with Crippen molar-refractivity contribution in [1.82, 2.24) is 14.8 Å². The molecule has 4 fully saturated rings. The number of hydrogen-bond acceptors (Lipinski definition) is 11. The fraction of sp³-hybridized carbons (Fsp3) is 0.604. The standard InChI is InChI=1S/C48H60N4O8/c1-7-45-18-12-20-52-22-19-46(40(45)52)34-23-35(38(57-4)24-37(34)50(3)41(46)48(56,44(55)59-6)42(45)60-28(2)53)47(43(54)58-5)25-30-27-51(26-29-13-8-9-14-31(29)30)21-17-33-32-15-10-11-16-36(32)49-39(33)47/h10-12,15-16,18,23-24,29-31,40-42,49,56H,7-9,13-14,17,19-22,25-27H2,1-6H3/t29?,30?,31?,40-,41?,42?,45+,46?,47+,48+/m0/s1. The number of likely N-dealkylation sites (N-methyl/N-ethyl adjacent to an activating group) is 1. The van der Waals surface area contributed by atoms with Crippen molar-refractivity contribution in [2.75, 3.05) is 66.0 Å². The molecule has 3 aromatic rings. The number of carbonyl (C=O) groups excluding carboxylic acids is 3. The average Bonchev–Trinajstić information content (AvgIpc) is 3.92. The number of nitrogens with zero attached hydrogens (tertiary/aromatic N) is 3. The summed E-state index contributed by atoms with van der Waals surface area (Å²) in [7, 11) is 6.34. The van der Waals surface area contributed by atoms with Crippen LogP contribution in [0.1, 0.15) is 81.2 Å². The Hall–Kier alpha value is -4.39. The molecule has 2 N–H and O–H groups in total. The molecule has 12 nitrogen and oxygen atoms in total.